The number of amides is 2. The standard InChI is InChI=1S/C28H33N7O4/c1-3-24(37)34-17-20(18-34)10-11-35-25(38)9-4-21-16-29-28(31-26(21)35)30-22-5-7-23(8-6-22)32-12-14-33(15-13-32)27(39)19(2)36/h3-9,16,19-20,36H,1,10-15,17-18H2,2H3,(H,29,30,31)/t19-/m1/s1. The Labute approximate surface area is 226 Å². The van der Waals surface area contributed by atoms with E-state index in [2.05, 4.69) is 26.8 Å². The first-order chi connectivity index (χ1) is 18.8. The minimum atomic E-state index is -0.975. The summed E-state index contributed by atoms with van der Waals surface area (Å²) in [4.78, 5) is 51.1. The minimum absolute atomic E-state index is 0.0585. The lowest BCUT2D eigenvalue weighted by molar-refractivity contribution is -0.139. The van der Waals surface area contributed by atoms with Crippen molar-refractivity contribution in [2.75, 3.05) is 49.5 Å². The predicted octanol–water partition coefficient (Wildman–Crippen LogP) is 1.60. The van der Waals surface area contributed by atoms with E-state index < -0.39 is 6.10 Å². The number of carbonyl (C=O) groups excluding carboxylic acids is 2. The van der Waals surface area contributed by atoms with E-state index in [0.717, 1.165) is 23.2 Å². The van der Waals surface area contributed by atoms with Crippen LogP contribution >= 0.6 is 0 Å². The number of anilines is 3. The number of hydrogen-bond donors (Lipinski definition) is 2. The first-order valence-corrected chi connectivity index (χ1v) is 13.2. The molecule has 0 unspecified atom stereocenters. The van der Waals surface area contributed by atoms with E-state index in [-0.39, 0.29) is 17.4 Å². The monoisotopic (exact) mass is 531 g/mol. The largest absolute Gasteiger partial charge is 0.384 e. The van der Waals surface area contributed by atoms with Gasteiger partial charge in [0.05, 0.1) is 0 Å². The van der Waals surface area contributed by atoms with Gasteiger partial charge in [0.1, 0.15) is 11.8 Å². The molecule has 204 valence electrons. The van der Waals surface area contributed by atoms with Crippen LogP contribution in [0.3, 0.4) is 0 Å². The van der Waals surface area contributed by atoms with Crippen molar-refractivity contribution in [3.63, 3.8) is 0 Å². The first kappa shape index (κ1) is 26.4. The van der Waals surface area contributed by atoms with Crippen molar-refractivity contribution in [2.45, 2.75) is 26.0 Å². The second kappa shape index (κ2) is 11.2. The Balaban J connectivity index is 1.23. The van der Waals surface area contributed by atoms with Gasteiger partial charge < -0.3 is 25.1 Å². The van der Waals surface area contributed by atoms with Crippen molar-refractivity contribution < 1.29 is 14.7 Å². The van der Waals surface area contributed by atoms with Crippen molar-refractivity contribution in [3.05, 3.63) is 65.6 Å². The van der Waals surface area contributed by atoms with E-state index in [4.69, 9.17) is 0 Å². The molecule has 5 rings (SSSR count). The molecule has 0 radical (unpaired) electrons. The number of pyridine rings is 1. The predicted molar refractivity (Wildman–Crippen MR) is 149 cm³/mol. The highest BCUT2D eigenvalue weighted by atomic mass is 16.3. The second-order valence-corrected chi connectivity index (χ2v) is 10.1. The quantitative estimate of drug-likeness (QED) is 0.420. The fraction of sp³-hybridized carbons (Fsp3) is 0.393. The number of aliphatic hydroxyl groups is 1. The van der Waals surface area contributed by atoms with Crippen LogP contribution < -0.4 is 15.8 Å². The molecule has 2 aromatic heterocycles. The van der Waals surface area contributed by atoms with E-state index >= 15 is 0 Å². The third-order valence-corrected chi connectivity index (χ3v) is 7.36. The van der Waals surface area contributed by atoms with E-state index in [1.165, 1.54) is 19.1 Å². The van der Waals surface area contributed by atoms with Gasteiger partial charge in [-0.25, -0.2) is 4.98 Å². The van der Waals surface area contributed by atoms with Crippen molar-refractivity contribution in [2.24, 2.45) is 5.92 Å². The molecule has 1 atom stereocenters. The SMILES string of the molecule is C=CC(=O)N1CC(CCn2c(=O)ccc3cnc(Nc4ccc(N5CCN(C(=O)[C@@H](C)O)CC5)cc4)nc32)C1. The lowest BCUT2D eigenvalue weighted by Crippen LogP contribution is -2.51. The van der Waals surface area contributed by atoms with Gasteiger partial charge in [0.15, 0.2) is 0 Å². The van der Waals surface area contributed by atoms with E-state index in [1.54, 1.807) is 26.6 Å². The van der Waals surface area contributed by atoms with E-state index in [0.29, 0.717) is 63.3 Å². The zero-order chi connectivity index (χ0) is 27.5. The van der Waals surface area contributed by atoms with Gasteiger partial charge in [-0.15, -0.1) is 0 Å². The molecule has 4 heterocycles. The van der Waals surface area contributed by atoms with E-state index in [1.807, 2.05) is 24.3 Å². The fourth-order valence-corrected chi connectivity index (χ4v) is 5.05. The highest BCUT2D eigenvalue weighted by molar-refractivity contribution is 5.87. The highest BCUT2D eigenvalue weighted by Crippen LogP contribution is 2.23. The molecule has 3 aromatic rings. The molecule has 2 amide bonds. The number of nitrogens with one attached hydrogen (secondary N) is 1. The van der Waals surface area contributed by atoms with Gasteiger partial charge in [0.25, 0.3) is 11.5 Å². The van der Waals surface area contributed by atoms with Crippen molar-refractivity contribution in [1.82, 2.24) is 24.3 Å². The Kier molecular flexibility index (Phi) is 7.60. The molecule has 11 heteroatoms. The maximum absolute atomic E-state index is 12.7. The van der Waals surface area contributed by atoms with Crippen molar-refractivity contribution >= 4 is 40.2 Å². The molecule has 1 aromatic carbocycles. The van der Waals surface area contributed by atoms with Crippen LogP contribution in [0.15, 0.2) is 60.0 Å². The number of likely N-dealkylation sites (tertiary alicyclic amines) is 1. The van der Waals surface area contributed by atoms with E-state index in [9.17, 15) is 19.5 Å². The number of aromatic nitrogens is 3. The van der Waals surface area contributed by atoms with Gasteiger partial charge in [-0.05, 0) is 55.7 Å². The molecule has 0 aliphatic carbocycles. The number of aryl methyl sites for hydroxylation is 1. The average Bonchev–Trinajstić information content (AvgIpc) is 2.93. The number of benzene rings is 1. The molecule has 39 heavy (non-hydrogen) atoms. The summed E-state index contributed by atoms with van der Waals surface area (Å²) in [7, 11) is 0. The van der Waals surface area contributed by atoms with Crippen LogP contribution in [-0.2, 0) is 16.1 Å². The van der Waals surface area contributed by atoms with Crippen LogP contribution in [0.2, 0.25) is 0 Å². The Morgan fingerprint density at radius 2 is 1.82 bits per heavy atom. The third kappa shape index (κ3) is 5.78. The first-order valence-electron chi connectivity index (χ1n) is 13.2. The average molecular weight is 532 g/mol. The maximum Gasteiger partial charge on any atom is 0.252 e. The van der Waals surface area contributed by atoms with Crippen LogP contribution in [-0.4, -0.2) is 86.6 Å². The van der Waals surface area contributed by atoms with Crippen LogP contribution in [0.1, 0.15) is 13.3 Å². The summed E-state index contributed by atoms with van der Waals surface area (Å²) >= 11 is 0. The Morgan fingerprint density at radius 1 is 1.10 bits per heavy atom. The normalized spacial score (nSPS) is 16.6. The lowest BCUT2D eigenvalue weighted by Gasteiger charge is -2.38. The molecular weight excluding hydrogens is 498 g/mol. The number of hydrogen-bond acceptors (Lipinski definition) is 8. The van der Waals surface area contributed by atoms with Crippen LogP contribution in [0.25, 0.3) is 11.0 Å². The molecule has 2 fully saturated rings. The molecule has 0 bridgehead atoms. The summed E-state index contributed by atoms with van der Waals surface area (Å²) in [5.74, 6) is 0.448. The van der Waals surface area contributed by atoms with Crippen molar-refractivity contribution in [3.8, 4) is 0 Å². The Hall–Kier alpha value is -4.25. The zero-order valence-electron chi connectivity index (χ0n) is 22.0. The second-order valence-electron chi connectivity index (χ2n) is 10.1. The van der Waals surface area contributed by atoms with Gasteiger partial charge in [-0.3, -0.25) is 19.0 Å². The smallest absolute Gasteiger partial charge is 0.252 e. The van der Waals surface area contributed by atoms with Crippen LogP contribution in [0.4, 0.5) is 17.3 Å². The number of fused-ring (bicyclic) bond motifs is 1. The zero-order valence-corrected chi connectivity index (χ0v) is 22.0. The Morgan fingerprint density at radius 3 is 2.49 bits per heavy atom. The van der Waals surface area contributed by atoms with Crippen LogP contribution in [0.5, 0.6) is 0 Å². The summed E-state index contributed by atoms with van der Waals surface area (Å²) in [5.41, 5.74) is 2.30. The number of carbonyl (C=O) groups is 2. The molecule has 2 saturated heterocycles. The molecule has 0 spiro atoms. The minimum Gasteiger partial charge on any atom is -0.384 e. The number of nitrogens with zero attached hydrogens (tertiary/aromatic N) is 6. The molecular formula is C28H33N7O4. The van der Waals surface area contributed by atoms with Gasteiger partial charge in [-0.1, -0.05) is 6.58 Å². The summed E-state index contributed by atoms with van der Waals surface area (Å²) in [6.07, 6.45) is 2.83. The number of piperazine rings is 1. The third-order valence-electron chi connectivity index (χ3n) is 7.36. The molecule has 11 nitrogen and oxygen atoms in total. The van der Waals surface area contributed by atoms with Gasteiger partial charge in [0, 0.05) is 74.8 Å². The number of aliphatic hydroxyl groups excluding tert-OH is 1. The summed E-state index contributed by atoms with van der Waals surface area (Å²) in [6.45, 7) is 9.42. The topological polar surface area (TPSA) is 124 Å². The molecule has 0 saturated carbocycles. The summed E-state index contributed by atoms with van der Waals surface area (Å²) < 4.78 is 1.67. The summed E-state index contributed by atoms with van der Waals surface area (Å²) in [6, 6.07) is 11.2. The van der Waals surface area contributed by atoms with Gasteiger partial charge in [0.2, 0.25) is 11.9 Å². The molecule has 2 aliphatic heterocycles. The van der Waals surface area contributed by atoms with Gasteiger partial charge >= 0.3 is 0 Å². The Bertz CT molecular complexity index is 1420. The lowest BCUT2D eigenvalue weighted by atomic mass is 9.96. The molecule has 2 N–H and O–H groups in total. The van der Waals surface area contributed by atoms with Crippen molar-refractivity contribution in [1.29, 1.82) is 0 Å². The van der Waals surface area contributed by atoms with Crippen LogP contribution in [0, 0.1) is 5.92 Å². The fourth-order valence-electron chi connectivity index (χ4n) is 5.05. The maximum atomic E-state index is 12.7. The summed E-state index contributed by atoms with van der Waals surface area (Å²) in [5, 5.41) is 13.5. The van der Waals surface area contributed by atoms with Gasteiger partial charge in [-0.2, -0.15) is 4.98 Å². The molecule has 2 aliphatic rings. The highest BCUT2D eigenvalue weighted by Gasteiger charge is 2.29. The number of rotatable bonds is 8.